The van der Waals surface area contributed by atoms with E-state index in [1.54, 1.807) is 30.3 Å². The molecule has 0 bridgehead atoms. The molecule has 2 aromatic rings. The van der Waals surface area contributed by atoms with Gasteiger partial charge in [-0.3, -0.25) is 0 Å². The smallest absolute Gasteiger partial charge is 0.146 e. The highest BCUT2D eigenvalue weighted by Crippen LogP contribution is 2.23. The number of rotatable bonds is 4. The molecule has 3 N–H and O–H groups in total. The number of hydrogen-bond donors (Lipinski definition) is 2. The summed E-state index contributed by atoms with van der Waals surface area (Å²) >= 11 is 0. The number of nitrogens with one attached hydrogen (secondary N) is 1. The molecule has 0 amide bonds. The largest absolute Gasteiger partial charge is 0.374 e. The maximum absolute atomic E-state index is 13.8. The van der Waals surface area contributed by atoms with Crippen LogP contribution in [-0.2, 0) is 0 Å². The number of hydrogen-bond acceptors (Lipinski definition) is 2. The Hall–Kier alpha value is -1.94. The Morgan fingerprint density at radius 3 is 2.53 bits per heavy atom. The maximum Gasteiger partial charge on any atom is 0.146 e. The van der Waals surface area contributed by atoms with E-state index in [1.165, 1.54) is 12.1 Å². The van der Waals surface area contributed by atoms with Gasteiger partial charge in [-0.2, -0.15) is 0 Å². The van der Waals surface area contributed by atoms with Gasteiger partial charge in [0.15, 0.2) is 0 Å². The van der Waals surface area contributed by atoms with Gasteiger partial charge in [0.05, 0.1) is 11.7 Å². The molecule has 2 nitrogen and oxygen atoms in total. The summed E-state index contributed by atoms with van der Waals surface area (Å²) in [4.78, 5) is 0. The fourth-order valence-corrected chi connectivity index (χ4v) is 1.96. The van der Waals surface area contributed by atoms with Crippen LogP contribution < -0.4 is 11.1 Å². The highest BCUT2D eigenvalue weighted by atomic mass is 19.1. The zero-order valence-electron chi connectivity index (χ0n) is 10.7. The second-order valence-corrected chi connectivity index (χ2v) is 4.44. The molecule has 0 fully saturated rings. The van der Waals surface area contributed by atoms with Crippen LogP contribution in [0.3, 0.4) is 0 Å². The van der Waals surface area contributed by atoms with Crippen LogP contribution in [0.5, 0.6) is 0 Å². The standard InChI is InChI=1S/C15H16F2N2/c1-10-6-7-12(16)11(8-10)15(9-18)19-14-5-3-2-4-13(14)17/h2-8,15,19H,9,18H2,1H3. The predicted molar refractivity (Wildman–Crippen MR) is 73.0 cm³/mol. The molecule has 0 heterocycles. The third-order valence-corrected chi connectivity index (χ3v) is 2.97. The van der Waals surface area contributed by atoms with Gasteiger partial charge in [0.2, 0.25) is 0 Å². The summed E-state index contributed by atoms with van der Waals surface area (Å²) in [6, 6.07) is 10.6. The van der Waals surface area contributed by atoms with E-state index in [-0.39, 0.29) is 18.2 Å². The van der Waals surface area contributed by atoms with Crippen molar-refractivity contribution in [3.05, 3.63) is 65.2 Å². The molecule has 19 heavy (non-hydrogen) atoms. The SMILES string of the molecule is Cc1ccc(F)c(C(CN)Nc2ccccc2F)c1. The van der Waals surface area contributed by atoms with Crippen molar-refractivity contribution >= 4 is 5.69 Å². The Kier molecular flexibility index (Phi) is 4.12. The number of aryl methyl sites for hydroxylation is 1. The Balaban J connectivity index is 2.30. The average Bonchev–Trinajstić information content (AvgIpc) is 2.41. The third kappa shape index (κ3) is 3.09. The first kappa shape index (κ1) is 13.5. The maximum atomic E-state index is 13.8. The lowest BCUT2D eigenvalue weighted by Crippen LogP contribution is -2.22. The van der Waals surface area contributed by atoms with Crippen molar-refractivity contribution in [2.45, 2.75) is 13.0 Å². The topological polar surface area (TPSA) is 38.0 Å². The monoisotopic (exact) mass is 262 g/mol. The van der Waals surface area contributed by atoms with Crippen molar-refractivity contribution in [3.8, 4) is 0 Å². The van der Waals surface area contributed by atoms with Gasteiger partial charge in [-0.1, -0.05) is 29.8 Å². The first-order valence-electron chi connectivity index (χ1n) is 6.09. The summed E-state index contributed by atoms with van der Waals surface area (Å²) < 4.78 is 27.4. The average molecular weight is 262 g/mol. The van der Waals surface area contributed by atoms with Crippen LogP contribution in [0.1, 0.15) is 17.2 Å². The van der Waals surface area contributed by atoms with E-state index < -0.39 is 6.04 Å². The molecule has 1 unspecified atom stereocenters. The Bertz CT molecular complexity index is 570. The third-order valence-electron chi connectivity index (χ3n) is 2.97. The fourth-order valence-electron chi connectivity index (χ4n) is 1.96. The van der Waals surface area contributed by atoms with E-state index in [9.17, 15) is 8.78 Å². The number of halogens is 2. The molecule has 0 aliphatic heterocycles. The molecule has 0 spiro atoms. The van der Waals surface area contributed by atoms with Crippen molar-refractivity contribution in [2.75, 3.05) is 11.9 Å². The van der Waals surface area contributed by atoms with E-state index in [2.05, 4.69) is 5.32 Å². The first-order valence-corrected chi connectivity index (χ1v) is 6.09. The normalized spacial score (nSPS) is 12.2. The van der Waals surface area contributed by atoms with E-state index in [4.69, 9.17) is 5.73 Å². The summed E-state index contributed by atoms with van der Waals surface area (Å²) in [6.45, 7) is 2.05. The summed E-state index contributed by atoms with van der Waals surface area (Å²) in [5.41, 5.74) is 7.37. The predicted octanol–water partition coefficient (Wildman–Crippen LogP) is 3.39. The van der Waals surface area contributed by atoms with Crippen LogP contribution in [-0.4, -0.2) is 6.54 Å². The Labute approximate surface area is 111 Å². The van der Waals surface area contributed by atoms with Gasteiger partial charge in [-0.15, -0.1) is 0 Å². The van der Waals surface area contributed by atoms with Gasteiger partial charge >= 0.3 is 0 Å². The molecule has 0 aliphatic rings. The van der Waals surface area contributed by atoms with Gasteiger partial charge < -0.3 is 11.1 Å². The number of anilines is 1. The van der Waals surface area contributed by atoms with E-state index in [0.717, 1.165) is 5.56 Å². The van der Waals surface area contributed by atoms with Crippen molar-refractivity contribution in [3.63, 3.8) is 0 Å². The van der Waals surface area contributed by atoms with Crippen molar-refractivity contribution in [1.29, 1.82) is 0 Å². The number of para-hydroxylation sites is 1. The molecule has 0 saturated heterocycles. The lowest BCUT2D eigenvalue weighted by Gasteiger charge is -2.20. The van der Waals surface area contributed by atoms with E-state index in [0.29, 0.717) is 11.3 Å². The lowest BCUT2D eigenvalue weighted by molar-refractivity contribution is 0.588. The second-order valence-electron chi connectivity index (χ2n) is 4.44. The number of nitrogens with two attached hydrogens (primary N) is 1. The number of benzene rings is 2. The van der Waals surface area contributed by atoms with Gasteiger partial charge in [0.25, 0.3) is 0 Å². The minimum atomic E-state index is -0.461. The minimum Gasteiger partial charge on any atom is -0.374 e. The zero-order valence-corrected chi connectivity index (χ0v) is 10.7. The highest BCUT2D eigenvalue weighted by molar-refractivity contribution is 5.47. The molecule has 100 valence electrons. The molecule has 0 aliphatic carbocycles. The Morgan fingerprint density at radius 1 is 1.11 bits per heavy atom. The molecule has 0 aromatic heterocycles. The van der Waals surface area contributed by atoms with Crippen LogP contribution >= 0.6 is 0 Å². The van der Waals surface area contributed by atoms with E-state index in [1.807, 2.05) is 6.92 Å². The molecule has 0 radical (unpaired) electrons. The zero-order chi connectivity index (χ0) is 13.8. The van der Waals surface area contributed by atoms with E-state index >= 15 is 0 Å². The molecule has 1 atom stereocenters. The van der Waals surface area contributed by atoms with Gasteiger partial charge in [-0.05, 0) is 25.1 Å². The summed E-state index contributed by atoms with van der Waals surface area (Å²) in [5.74, 6) is -0.723. The molecule has 2 aromatic carbocycles. The molecule has 0 saturated carbocycles. The molecule has 2 rings (SSSR count). The molecule has 4 heteroatoms. The van der Waals surface area contributed by atoms with Crippen LogP contribution in [0.25, 0.3) is 0 Å². The van der Waals surface area contributed by atoms with Gasteiger partial charge in [-0.25, -0.2) is 8.78 Å². The van der Waals surface area contributed by atoms with Gasteiger partial charge in [0.1, 0.15) is 11.6 Å². The summed E-state index contributed by atoms with van der Waals surface area (Å²) in [5, 5.41) is 2.94. The van der Waals surface area contributed by atoms with Crippen LogP contribution in [0.2, 0.25) is 0 Å². The van der Waals surface area contributed by atoms with Crippen LogP contribution in [0.15, 0.2) is 42.5 Å². The minimum absolute atomic E-state index is 0.175. The van der Waals surface area contributed by atoms with Crippen LogP contribution in [0.4, 0.5) is 14.5 Å². The second kappa shape index (κ2) is 5.80. The molecular formula is C15H16F2N2. The fraction of sp³-hybridized carbons (Fsp3) is 0.200. The Morgan fingerprint density at radius 2 is 1.84 bits per heavy atom. The quantitative estimate of drug-likeness (QED) is 0.886. The van der Waals surface area contributed by atoms with Crippen molar-refractivity contribution in [2.24, 2.45) is 5.73 Å². The van der Waals surface area contributed by atoms with Gasteiger partial charge in [0, 0.05) is 12.1 Å². The van der Waals surface area contributed by atoms with Crippen molar-refractivity contribution in [1.82, 2.24) is 0 Å². The first-order chi connectivity index (χ1) is 9.11. The van der Waals surface area contributed by atoms with Crippen molar-refractivity contribution < 1.29 is 8.78 Å². The lowest BCUT2D eigenvalue weighted by atomic mass is 10.0. The van der Waals surface area contributed by atoms with Crippen LogP contribution in [0, 0.1) is 18.6 Å². The highest BCUT2D eigenvalue weighted by Gasteiger charge is 2.15. The summed E-state index contributed by atoms with van der Waals surface area (Å²) in [6.07, 6.45) is 0. The molecular weight excluding hydrogens is 246 g/mol. The summed E-state index contributed by atoms with van der Waals surface area (Å²) in [7, 11) is 0.